The van der Waals surface area contributed by atoms with Gasteiger partial charge in [0.15, 0.2) is 11.2 Å². The number of fused-ring (bicyclic) bond motifs is 1. The molecule has 0 aliphatic heterocycles. The van der Waals surface area contributed by atoms with Crippen molar-refractivity contribution in [3.63, 3.8) is 0 Å². The van der Waals surface area contributed by atoms with E-state index in [-0.39, 0.29) is 17.7 Å². The fraction of sp³-hybridized carbons (Fsp3) is 0.238. The van der Waals surface area contributed by atoms with Crippen molar-refractivity contribution >= 4 is 23.3 Å². The molecule has 0 aliphatic rings. The Morgan fingerprint density at radius 2 is 1.84 bits per heavy atom. The molecule has 3 aromatic heterocycles. The molecule has 0 saturated heterocycles. The highest BCUT2D eigenvalue weighted by Crippen LogP contribution is 2.16. The number of benzene rings is 1. The van der Waals surface area contributed by atoms with Gasteiger partial charge in [0.25, 0.3) is 11.5 Å². The van der Waals surface area contributed by atoms with Crippen molar-refractivity contribution in [3.05, 3.63) is 74.4 Å². The Kier molecular flexibility index (Phi) is 5.31. The van der Waals surface area contributed by atoms with Crippen molar-refractivity contribution in [2.45, 2.75) is 20.4 Å². The summed E-state index contributed by atoms with van der Waals surface area (Å²) in [7, 11) is 2.90. The average Bonchev–Trinajstić information content (AvgIpc) is 3.32. The summed E-state index contributed by atoms with van der Waals surface area (Å²) in [6.45, 7) is 3.61. The molecule has 0 unspecified atom stereocenters. The van der Waals surface area contributed by atoms with Crippen LogP contribution in [0.1, 0.15) is 17.0 Å². The number of hydrogen-bond donors (Lipinski definition) is 1. The Morgan fingerprint density at radius 3 is 2.56 bits per heavy atom. The normalized spacial score (nSPS) is 11.5. The third-order valence-corrected chi connectivity index (χ3v) is 5.26. The van der Waals surface area contributed by atoms with E-state index >= 15 is 0 Å². The molecule has 0 spiro atoms. The second kappa shape index (κ2) is 8.10. The summed E-state index contributed by atoms with van der Waals surface area (Å²) < 4.78 is 5.45. The van der Waals surface area contributed by atoms with Crippen LogP contribution >= 0.6 is 0 Å². The monoisotopic (exact) mass is 434 g/mol. The second-order valence-corrected chi connectivity index (χ2v) is 7.38. The largest absolute Gasteiger partial charge is 0.332 e. The van der Waals surface area contributed by atoms with Crippen molar-refractivity contribution < 1.29 is 4.79 Å². The number of imidazole rings is 1. The van der Waals surface area contributed by atoms with E-state index in [4.69, 9.17) is 0 Å². The molecule has 1 amide bonds. The summed E-state index contributed by atoms with van der Waals surface area (Å²) in [5, 5.41) is 8.59. The number of aryl methyl sites for hydroxylation is 2. The first-order chi connectivity index (χ1) is 15.3. The molecule has 4 rings (SSSR count). The van der Waals surface area contributed by atoms with Crippen LogP contribution in [0.3, 0.4) is 0 Å². The number of nitrogens with zero attached hydrogens (tertiary/aromatic N) is 7. The first kappa shape index (κ1) is 21.0. The molecule has 0 fully saturated rings. The number of para-hydroxylation sites is 1. The van der Waals surface area contributed by atoms with Gasteiger partial charge in [0.2, 0.25) is 0 Å². The van der Waals surface area contributed by atoms with Gasteiger partial charge in [-0.25, -0.2) is 19.9 Å². The quantitative estimate of drug-likeness (QED) is 0.360. The van der Waals surface area contributed by atoms with E-state index in [1.54, 1.807) is 6.21 Å². The summed E-state index contributed by atoms with van der Waals surface area (Å²) in [5.41, 5.74) is 5.24. The summed E-state index contributed by atoms with van der Waals surface area (Å²) in [6.07, 6.45) is 2.90. The van der Waals surface area contributed by atoms with E-state index in [0.717, 1.165) is 27.2 Å². The average molecular weight is 434 g/mol. The molecule has 1 aromatic carbocycles. The maximum Gasteiger partial charge on any atom is 0.332 e. The van der Waals surface area contributed by atoms with E-state index in [0.29, 0.717) is 0 Å². The molecule has 32 heavy (non-hydrogen) atoms. The molecule has 1 N–H and O–H groups in total. The van der Waals surface area contributed by atoms with Crippen molar-refractivity contribution in [2.75, 3.05) is 0 Å². The van der Waals surface area contributed by atoms with Crippen LogP contribution in [0.15, 0.2) is 51.3 Å². The first-order valence-corrected chi connectivity index (χ1v) is 9.84. The van der Waals surface area contributed by atoms with E-state index < -0.39 is 17.2 Å². The van der Waals surface area contributed by atoms with Gasteiger partial charge in [-0.3, -0.25) is 18.7 Å². The smallest absolute Gasteiger partial charge is 0.315 e. The van der Waals surface area contributed by atoms with Gasteiger partial charge in [-0.2, -0.15) is 10.2 Å². The van der Waals surface area contributed by atoms with Crippen LogP contribution < -0.4 is 16.7 Å². The summed E-state index contributed by atoms with van der Waals surface area (Å²) in [6, 6.07) is 9.72. The van der Waals surface area contributed by atoms with Crippen molar-refractivity contribution in [3.8, 4) is 5.69 Å². The summed E-state index contributed by atoms with van der Waals surface area (Å²) in [4.78, 5) is 41.0. The topological polar surface area (TPSA) is 121 Å². The fourth-order valence-corrected chi connectivity index (χ4v) is 3.54. The molecular weight excluding hydrogens is 412 g/mol. The fourth-order valence-electron chi connectivity index (χ4n) is 3.54. The second-order valence-electron chi connectivity index (χ2n) is 7.38. The Labute approximate surface area is 182 Å². The lowest BCUT2D eigenvalue weighted by atomic mass is 10.2. The van der Waals surface area contributed by atoms with Gasteiger partial charge >= 0.3 is 5.69 Å². The molecule has 11 nitrogen and oxygen atoms in total. The van der Waals surface area contributed by atoms with Gasteiger partial charge in [0.05, 0.1) is 29.6 Å². The van der Waals surface area contributed by atoms with Gasteiger partial charge in [-0.05, 0) is 26.0 Å². The van der Waals surface area contributed by atoms with E-state index in [1.165, 1.54) is 29.6 Å². The van der Waals surface area contributed by atoms with Crippen molar-refractivity contribution in [1.29, 1.82) is 0 Å². The molecule has 0 atom stereocenters. The molecule has 164 valence electrons. The Bertz CT molecular complexity index is 1470. The van der Waals surface area contributed by atoms with Crippen LogP contribution in [-0.2, 0) is 25.4 Å². The SMILES string of the molecule is Cc1nn(-c2ccccc2)c(C)c1C=NNC(=O)Cn1cnc2c1c(=O)n(C)c(=O)n2C. The molecule has 0 aliphatic carbocycles. The van der Waals surface area contributed by atoms with Gasteiger partial charge in [-0.1, -0.05) is 18.2 Å². The molecule has 0 bridgehead atoms. The number of nitrogens with one attached hydrogen (secondary N) is 1. The zero-order chi connectivity index (χ0) is 23.0. The van der Waals surface area contributed by atoms with Gasteiger partial charge in [0.1, 0.15) is 6.54 Å². The number of aromatic nitrogens is 6. The van der Waals surface area contributed by atoms with Crippen molar-refractivity contribution in [1.82, 2.24) is 33.9 Å². The third kappa shape index (κ3) is 3.53. The van der Waals surface area contributed by atoms with E-state index in [1.807, 2.05) is 48.9 Å². The molecule has 3 heterocycles. The zero-order valence-corrected chi connectivity index (χ0v) is 18.1. The van der Waals surface area contributed by atoms with E-state index in [2.05, 4.69) is 20.6 Å². The minimum Gasteiger partial charge on any atom is -0.315 e. The third-order valence-electron chi connectivity index (χ3n) is 5.26. The predicted octanol–water partition coefficient (Wildman–Crippen LogP) is 0.387. The zero-order valence-electron chi connectivity index (χ0n) is 18.1. The highest BCUT2D eigenvalue weighted by atomic mass is 16.2. The standard InChI is InChI=1S/C21H22N8O3/c1-13-16(14(2)29(25-13)15-8-6-5-7-9-15)10-23-24-17(30)11-28-12-22-19-18(28)20(31)27(4)21(32)26(19)3/h5-10,12H,11H2,1-4H3,(H,24,30). The van der Waals surface area contributed by atoms with Gasteiger partial charge < -0.3 is 4.57 Å². The Morgan fingerprint density at radius 1 is 1.12 bits per heavy atom. The predicted molar refractivity (Wildman–Crippen MR) is 119 cm³/mol. The van der Waals surface area contributed by atoms with E-state index in [9.17, 15) is 14.4 Å². The molecule has 11 heteroatoms. The molecule has 0 radical (unpaired) electrons. The highest BCUT2D eigenvalue weighted by Gasteiger charge is 2.16. The lowest BCUT2D eigenvalue weighted by Gasteiger charge is -2.06. The minimum absolute atomic E-state index is 0.171. The number of hydrogen-bond acceptors (Lipinski definition) is 6. The van der Waals surface area contributed by atoms with Gasteiger partial charge in [-0.15, -0.1) is 0 Å². The van der Waals surface area contributed by atoms with Gasteiger partial charge in [0, 0.05) is 19.7 Å². The van der Waals surface area contributed by atoms with Crippen LogP contribution in [0, 0.1) is 13.8 Å². The molecular formula is C21H22N8O3. The minimum atomic E-state index is -0.517. The number of rotatable bonds is 5. The molecule has 0 saturated carbocycles. The summed E-state index contributed by atoms with van der Waals surface area (Å²) in [5.74, 6) is -0.442. The Hall–Kier alpha value is -4.28. The van der Waals surface area contributed by atoms with Crippen LogP contribution in [0.2, 0.25) is 0 Å². The van der Waals surface area contributed by atoms with Crippen LogP contribution in [0.5, 0.6) is 0 Å². The van der Waals surface area contributed by atoms with Crippen LogP contribution in [-0.4, -0.2) is 40.6 Å². The number of carbonyl (C=O) groups excluding carboxylic acids is 1. The molecule has 4 aromatic rings. The van der Waals surface area contributed by atoms with Crippen LogP contribution in [0.25, 0.3) is 16.9 Å². The number of amides is 1. The Balaban J connectivity index is 1.53. The lowest BCUT2D eigenvalue weighted by Crippen LogP contribution is -2.38. The number of carbonyl (C=O) groups is 1. The first-order valence-electron chi connectivity index (χ1n) is 9.84. The number of hydrazone groups is 1. The summed E-state index contributed by atoms with van der Waals surface area (Å²) >= 11 is 0. The maximum atomic E-state index is 12.5. The van der Waals surface area contributed by atoms with Crippen LogP contribution in [0.4, 0.5) is 0 Å². The van der Waals surface area contributed by atoms with Crippen molar-refractivity contribution in [2.24, 2.45) is 19.2 Å². The maximum absolute atomic E-state index is 12.5. The highest BCUT2D eigenvalue weighted by molar-refractivity contribution is 5.85. The lowest BCUT2D eigenvalue weighted by molar-refractivity contribution is -0.121.